The van der Waals surface area contributed by atoms with Crippen molar-refractivity contribution in [2.75, 3.05) is 0 Å². The molecule has 0 atom stereocenters. The van der Waals surface area contributed by atoms with Crippen molar-refractivity contribution in [3.05, 3.63) is 41.7 Å². The van der Waals surface area contributed by atoms with Gasteiger partial charge in [-0.2, -0.15) is 0 Å². The number of hydrogen-bond acceptors (Lipinski definition) is 4. The number of carbonyl (C=O) groups is 2. The summed E-state index contributed by atoms with van der Waals surface area (Å²) in [5, 5.41) is 6.98. The van der Waals surface area contributed by atoms with Crippen LogP contribution in [0.1, 0.15) is 43.4 Å². The molecule has 2 aromatic rings. The SMILES string of the molecule is Cc1ccc(-c2cc(CN3C(=O)NC4(CCCCC4)C3=O)on2)cc1. The predicted molar refractivity (Wildman–Crippen MR) is 91.6 cm³/mol. The van der Waals surface area contributed by atoms with Gasteiger partial charge >= 0.3 is 6.03 Å². The van der Waals surface area contributed by atoms with Crippen molar-refractivity contribution in [1.29, 1.82) is 0 Å². The van der Waals surface area contributed by atoms with Crippen molar-refractivity contribution in [2.45, 2.75) is 51.1 Å². The zero-order chi connectivity index (χ0) is 17.4. The number of nitrogens with zero attached hydrogens (tertiary/aromatic N) is 2. The summed E-state index contributed by atoms with van der Waals surface area (Å²) in [6.07, 6.45) is 4.50. The Morgan fingerprint density at radius 1 is 1.16 bits per heavy atom. The third-order valence-electron chi connectivity index (χ3n) is 5.17. The van der Waals surface area contributed by atoms with Crippen molar-refractivity contribution in [3.63, 3.8) is 0 Å². The Labute approximate surface area is 146 Å². The molecule has 1 spiro atoms. The minimum atomic E-state index is -0.699. The molecule has 6 heteroatoms. The van der Waals surface area contributed by atoms with Crippen LogP contribution in [0.3, 0.4) is 0 Å². The molecule has 0 unspecified atom stereocenters. The van der Waals surface area contributed by atoms with E-state index in [-0.39, 0.29) is 18.5 Å². The number of nitrogens with one attached hydrogen (secondary N) is 1. The molecule has 0 bridgehead atoms. The van der Waals surface area contributed by atoms with E-state index in [0.29, 0.717) is 11.5 Å². The number of aromatic nitrogens is 1. The standard InChI is InChI=1S/C19H21N3O3/c1-13-5-7-14(8-6-13)16-11-15(25-21-16)12-22-17(23)19(20-18(22)24)9-3-2-4-10-19/h5-8,11H,2-4,9-10,12H2,1H3,(H,20,24). The highest BCUT2D eigenvalue weighted by atomic mass is 16.5. The van der Waals surface area contributed by atoms with Crippen molar-refractivity contribution in [2.24, 2.45) is 0 Å². The second-order valence-corrected chi connectivity index (χ2v) is 7.01. The van der Waals surface area contributed by atoms with Crippen LogP contribution in [0.5, 0.6) is 0 Å². The van der Waals surface area contributed by atoms with Gasteiger partial charge in [-0.1, -0.05) is 54.2 Å². The second kappa shape index (κ2) is 6.02. The van der Waals surface area contributed by atoms with Crippen molar-refractivity contribution < 1.29 is 14.1 Å². The van der Waals surface area contributed by atoms with Gasteiger partial charge in [0.25, 0.3) is 5.91 Å². The van der Waals surface area contributed by atoms with E-state index in [1.165, 1.54) is 10.5 Å². The lowest BCUT2D eigenvalue weighted by molar-refractivity contribution is -0.133. The Morgan fingerprint density at radius 3 is 2.60 bits per heavy atom. The predicted octanol–water partition coefficient (Wildman–Crippen LogP) is 3.40. The fourth-order valence-corrected chi connectivity index (χ4v) is 3.72. The highest BCUT2D eigenvalue weighted by molar-refractivity contribution is 6.07. The molecule has 2 aliphatic rings. The van der Waals surface area contributed by atoms with Gasteiger partial charge in [-0.25, -0.2) is 4.79 Å². The van der Waals surface area contributed by atoms with Gasteiger partial charge < -0.3 is 9.84 Å². The lowest BCUT2D eigenvalue weighted by atomic mass is 9.82. The molecular formula is C19H21N3O3. The van der Waals surface area contributed by atoms with Crippen LogP contribution in [0.25, 0.3) is 11.3 Å². The maximum Gasteiger partial charge on any atom is 0.325 e. The third kappa shape index (κ3) is 2.81. The first kappa shape index (κ1) is 15.9. The van der Waals surface area contributed by atoms with E-state index < -0.39 is 5.54 Å². The number of imide groups is 1. The fraction of sp³-hybridized carbons (Fsp3) is 0.421. The summed E-state index contributed by atoms with van der Waals surface area (Å²) in [5.74, 6) is 0.373. The molecule has 2 fully saturated rings. The van der Waals surface area contributed by atoms with Crippen LogP contribution in [0.15, 0.2) is 34.9 Å². The first-order valence-corrected chi connectivity index (χ1v) is 8.74. The monoisotopic (exact) mass is 339 g/mol. The van der Waals surface area contributed by atoms with Crippen LogP contribution < -0.4 is 5.32 Å². The Bertz CT molecular complexity index is 804. The molecule has 1 saturated carbocycles. The molecule has 4 rings (SSSR count). The largest absolute Gasteiger partial charge is 0.359 e. The highest BCUT2D eigenvalue weighted by Crippen LogP contribution is 2.34. The topological polar surface area (TPSA) is 75.4 Å². The van der Waals surface area contributed by atoms with Crippen molar-refractivity contribution in [1.82, 2.24) is 15.4 Å². The van der Waals surface area contributed by atoms with E-state index in [1.807, 2.05) is 31.2 Å². The van der Waals surface area contributed by atoms with E-state index in [2.05, 4.69) is 10.5 Å². The number of urea groups is 1. The summed E-state index contributed by atoms with van der Waals surface area (Å²) in [6.45, 7) is 2.14. The van der Waals surface area contributed by atoms with E-state index in [4.69, 9.17) is 4.52 Å². The molecule has 1 aromatic heterocycles. The van der Waals surface area contributed by atoms with E-state index in [1.54, 1.807) is 6.07 Å². The summed E-state index contributed by atoms with van der Waals surface area (Å²) in [6, 6.07) is 9.42. The number of benzene rings is 1. The summed E-state index contributed by atoms with van der Waals surface area (Å²) in [4.78, 5) is 26.4. The molecule has 130 valence electrons. The number of aryl methyl sites for hydroxylation is 1. The van der Waals surface area contributed by atoms with Crippen LogP contribution >= 0.6 is 0 Å². The molecular weight excluding hydrogens is 318 g/mol. The lowest BCUT2D eigenvalue weighted by Gasteiger charge is -2.30. The average Bonchev–Trinajstić information content (AvgIpc) is 3.16. The summed E-state index contributed by atoms with van der Waals surface area (Å²) in [7, 11) is 0. The highest BCUT2D eigenvalue weighted by Gasteiger charge is 2.51. The van der Waals surface area contributed by atoms with Crippen LogP contribution in [-0.4, -0.2) is 27.5 Å². The zero-order valence-electron chi connectivity index (χ0n) is 14.2. The van der Waals surface area contributed by atoms with Crippen LogP contribution in [0, 0.1) is 6.92 Å². The van der Waals surface area contributed by atoms with Crippen LogP contribution in [-0.2, 0) is 11.3 Å². The van der Waals surface area contributed by atoms with Gasteiger partial charge in [0.2, 0.25) is 0 Å². The van der Waals surface area contributed by atoms with Crippen molar-refractivity contribution >= 4 is 11.9 Å². The summed E-state index contributed by atoms with van der Waals surface area (Å²) < 4.78 is 5.36. The van der Waals surface area contributed by atoms with Gasteiger partial charge in [0.05, 0.1) is 6.54 Å². The Kier molecular flexibility index (Phi) is 3.82. The third-order valence-corrected chi connectivity index (χ3v) is 5.17. The molecule has 0 radical (unpaired) electrons. The van der Waals surface area contributed by atoms with Gasteiger partial charge in [0, 0.05) is 11.6 Å². The lowest BCUT2D eigenvalue weighted by Crippen LogP contribution is -2.48. The molecule has 25 heavy (non-hydrogen) atoms. The minimum absolute atomic E-state index is 0.116. The van der Waals surface area contributed by atoms with E-state index in [9.17, 15) is 9.59 Å². The summed E-state index contributed by atoms with van der Waals surface area (Å²) in [5.41, 5.74) is 2.12. The number of amides is 3. The maximum absolute atomic E-state index is 12.8. The Hall–Kier alpha value is -2.63. The zero-order valence-corrected chi connectivity index (χ0v) is 14.2. The number of carbonyl (C=O) groups excluding carboxylic acids is 2. The first-order valence-electron chi connectivity index (χ1n) is 8.74. The van der Waals surface area contributed by atoms with Gasteiger partial charge in [-0.15, -0.1) is 0 Å². The van der Waals surface area contributed by atoms with Gasteiger partial charge in [-0.05, 0) is 19.8 Å². The van der Waals surface area contributed by atoms with Gasteiger partial charge in [-0.3, -0.25) is 9.69 Å². The van der Waals surface area contributed by atoms with Crippen molar-refractivity contribution in [3.8, 4) is 11.3 Å². The molecule has 3 amide bonds. The van der Waals surface area contributed by atoms with E-state index >= 15 is 0 Å². The molecule has 1 aromatic carbocycles. The number of rotatable bonds is 3. The molecule has 6 nitrogen and oxygen atoms in total. The van der Waals surface area contributed by atoms with Crippen LogP contribution in [0.4, 0.5) is 4.79 Å². The number of hydrogen-bond donors (Lipinski definition) is 1. The fourth-order valence-electron chi connectivity index (χ4n) is 3.72. The second-order valence-electron chi connectivity index (χ2n) is 7.01. The Morgan fingerprint density at radius 2 is 1.88 bits per heavy atom. The normalized spacial score (nSPS) is 19.5. The van der Waals surface area contributed by atoms with Gasteiger partial charge in [0.1, 0.15) is 11.2 Å². The molecule has 1 saturated heterocycles. The molecule has 2 heterocycles. The summed E-state index contributed by atoms with van der Waals surface area (Å²) >= 11 is 0. The first-order chi connectivity index (χ1) is 12.1. The average molecular weight is 339 g/mol. The quantitative estimate of drug-likeness (QED) is 0.870. The maximum atomic E-state index is 12.8. The van der Waals surface area contributed by atoms with Gasteiger partial charge in [0.15, 0.2) is 5.76 Å². The molecule has 1 aliphatic carbocycles. The smallest absolute Gasteiger partial charge is 0.325 e. The minimum Gasteiger partial charge on any atom is -0.359 e. The van der Waals surface area contributed by atoms with Crippen LogP contribution in [0.2, 0.25) is 0 Å². The molecule has 1 N–H and O–H groups in total. The molecule has 1 aliphatic heterocycles. The van der Waals surface area contributed by atoms with E-state index in [0.717, 1.165) is 37.7 Å². The Balaban J connectivity index is 1.51.